The summed E-state index contributed by atoms with van der Waals surface area (Å²) in [6, 6.07) is 89.3. The lowest BCUT2D eigenvalue weighted by molar-refractivity contribution is 0.797. The average molecular weight is 973 g/mol. The predicted octanol–water partition coefficient (Wildman–Crippen LogP) is 20.2. The Balaban J connectivity index is 0.942. The van der Waals surface area contributed by atoms with Gasteiger partial charge < -0.3 is 9.13 Å². The van der Waals surface area contributed by atoms with Crippen LogP contribution in [-0.4, -0.2) is 9.13 Å². The lowest BCUT2D eigenvalue weighted by Crippen LogP contribution is -1.97. The Hall–Kier alpha value is -8.98. The molecule has 2 heterocycles. The Morgan fingerprint density at radius 1 is 0.329 bits per heavy atom. The van der Waals surface area contributed by atoms with Crippen molar-refractivity contribution < 1.29 is 0 Å². The third-order valence-corrected chi connectivity index (χ3v) is 17.1. The van der Waals surface area contributed by atoms with Gasteiger partial charge in [-0.1, -0.05) is 177 Å². The van der Waals surface area contributed by atoms with Crippen molar-refractivity contribution in [2.75, 3.05) is 0 Å². The van der Waals surface area contributed by atoms with Gasteiger partial charge in [-0.3, -0.25) is 0 Å². The summed E-state index contributed by atoms with van der Waals surface area (Å²) in [4.78, 5) is 0. The van der Waals surface area contributed by atoms with E-state index in [9.17, 15) is 0 Å². The Labute approximate surface area is 444 Å². The summed E-state index contributed by atoms with van der Waals surface area (Å²) in [6.45, 7) is 6.85. The van der Waals surface area contributed by atoms with E-state index in [-0.39, 0.29) is 0 Å². The molecule has 76 heavy (non-hydrogen) atoms. The minimum atomic E-state index is 0.415. The third kappa shape index (κ3) is 7.01. The van der Waals surface area contributed by atoms with Crippen molar-refractivity contribution in [3.05, 3.63) is 264 Å². The first-order valence-corrected chi connectivity index (χ1v) is 27.3. The second-order valence-corrected chi connectivity index (χ2v) is 21.5. The van der Waals surface area contributed by atoms with Gasteiger partial charge in [0.2, 0.25) is 0 Å². The van der Waals surface area contributed by atoms with Crippen molar-refractivity contribution in [1.29, 1.82) is 0 Å². The van der Waals surface area contributed by atoms with Crippen LogP contribution in [0.2, 0.25) is 0 Å². The molecule has 0 aliphatic heterocycles. The number of fused-ring (bicyclic) bond motifs is 9. The summed E-state index contributed by atoms with van der Waals surface area (Å²) >= 11 is 0. The maximum atomic E-state index is 2.53. The zero-order valence-electron chi connectivity index (χ0n) is 43.2. The quantitative estimate of drug-likeness (QED) is 0.136. The van der Waals surface area contributed by atoms with Gasteiger partial charge in [0.05, 0.1) is 22.1 Å². The minimum Gasteiger partial charge on any atom is -0.309 e. The van der Waals surface area contributed by atoms with Crippen molar-refractivity contribution in [2.45, 2.75) is 51.9 Å². The fraction of sp³-hybridized carbons (Fsp3) is 0.108. The molecule has 13 aromatic rings. The van der Waals surface area contributed by atoms with Gasteiger partial charge in [0.25, 0.3) is 0 Å². The second kappa shape index (κ2) is 17.6. The summed E-state index contributed by atoms with van der Waals surface area (Å²) in [5.41, 5.74) is 29.2. The van der Waals surface area contributed by atoms with Gasteiger partial charge in [0, 0.05) is 38.8 Å². The van der Waals surface area contributed by atoms with Gasteiger partial charge in [-0.25, -0.2) is 0 Å². The molecule has 1 saturated carbocycles. The van der Waals surface area contributed by atoms with Crippen molar-refractivity contribution in [3.63, 3.8) is 0 Å². The van der Waals surface area contributed by atoms with Gasteiger partial charge >= 0.3 is 0 Å². The summed E-state index contributed by atoms with van der Waals surface area (Å²) in [5, 5.41) is 5.02. The van der Waals surface area contributed by atoms with Crippen LogP contribution in [0.25, 0.3) is 122 Å². The molecule has 1 atom stereocenters. The van der Waals surface area contributed by atoms with Crippen molar-refractivity contribution in [1.82, 2.24) is 9.13 Å². The van der Waals surface area contributed by atoms with E-state index in [0.717, 1.165) is 6.42 Å². The molecule has 15 rings (SSSR count). The highest BCUT2D eigenvalue weighted by Gasteiger charge is 2.29. The van der Waals surface area contributed by atoms with E-state index in [4.69, 9.17) is 0 Å². The van der Waals surface area contributed by atoms with E-state index in [2.05, 4.69) is 266 Å². The SMILES string of the molecule is CCC1c2ccccc2-c2cc(-n3c4ccc(-c5ccccc5)cc4c4c(-c5cccc(-c6cccc7c6c6cc(-c8ccccc8)c(C)cc6n7-c6ccc(C)c(-c7ccccc7C7CC7)c6)c5)cccc43)ccc21. The number of hydrogen-bond donors (Lipinski definition) is 0. The Kier molecular flexibility index (Phi) is 10.3. The number of hydrogen-bond acceptors (Lipinski definition) is 0. The molecule has 0 radical (unpaired) electrons. The normalized spacial score (nSPS) is 14.0. The zero-order chi connectivity index (χ0) is 50.6. The largest absolute Gasteiger partial charge is 0.309 e. The molecule has 1 unspecified atom stereocenters. The molecule has 0 bridgehead atoms. The van der Waals surface area contributed by atoms with E-state index < -0.39 is 0 Å². The highest BCUT2D eigenvalue weighted by molar-refractivity contribution is 6.19. The standard InChI is InChI=1S/C74H56N2/c1-4-56-60-25-13-14-27-62(60)66-44-55(37-38-63(56)66)75-69-39-35-51(48-18-7-5-8-19-48)42-67(69)73-58(28-16-30-70(73)75)52-22-15-23-53(41-52)59-29-17-31-71-74(59)68-45-64(49-20-9-6-10-21-49)47(3)40-72(68)76(71)54-36-32-46(2)65(43-54)61-26-12-11-24-57(61)50-33-34-50/h5-32,35-45,50,56H,4,33-34H2,1-3H3. The molecular weight excluding hydrogens is 917 g/mol. The fourth-order valence-electron chi connectivity index (χ4n) is 13.3. The van der Waals surface area contributed by atoms with Gasteiger partial charge in [-0.15, -0.1) is 0 Å². The van der Waals surface area contributed by atoms with Crippen LogP contribution in [0.1, 0.15) is 65.8 Å². The molecule has 11 aromatic carbocycles. The lowest BCUT2D eigenvalue weighted by atomic mass is 9.92. The molecule has 0 N–H and O–H groups in total. The third-order valence-electron chi connectivity index (χ3n) is 17.1. The van der Waals surface area contributed by atoms with Crippen LogP contribution < -0.4 is 0 Å². The maximum Gasteiger partial charge on any atom is 0.0547 e. The Bertz CT molecular complexity index is 4470. The van der Waals surface area contributed by atoms with E-state index in [0.29, 0.717) is 11.8 Å². The molecule has 0 spiro atoms. The highest BCUT2D eigenvalue weighted by Crippen LogP contribution is 2.50. The first-order valence-electron chi connectivity index (χ1n) is 27.3. The highest BCUT2D eigenvalue weighted by atomic mass is 15.0. The van der Waals surface area contributed by atoms with Crippen LogP contribution in [-0.2, 0) is 0 Å². The summed E-state index contributed by atoms with van der Waals surface area (Å²) in [6.07, 6.45) is 3.62. The molecule has 0 amide bonds. The molecule has 2 aliphatic carbocycles. The topological polar surface area (TPSA) is 9.86 Å². The molecule has 2 aromatic heterocycles. The smallest absolute Gasteiger partial charge is 0.0547 e. The summed E-state index contributed by atoms with van der Waals surface area (Å²) in [7, 11) is 0. The van der Waals surface area contributed by atoms with Crippen LogP contribution in [0.15, 0.2) is 237 Å². The lowest BCUT2D eigenvalue weighted by Gasteiger charge is -2.16. The maximum absolute atomic E-state index is 2.53. The zero-order valence-corrected chi connectivity index (χ0v) is 43.2. The van der Waals surface area contributed by atoms with Gasteiger partial charge in [-0.2, -0.15) is 0 Å². The first-order chi connectivity index (χ1) is 37.5. The predicted molar refractivity (Wildman–Crippen MR) is 321 cm³/mol. The molecule has 1 fully saturated rings. The molecule has 2 aliphatic rings. The summed E-state index contributed by atoms with van der Waals surface area (Å²) < 4.78 is 5.04. The van der Waals surface area contributed by atoms with E-state index in [1.54, 1.807) is 0 Å². The van der Waals surface area contributed by atoms with E-state index >= 15 is 0 Å². The van der Waals surface area contributed by atoms with Crippen LogP contribution >= 0.6 is 0 Å². The first kappa shape index (κ1) is 44.5. The van der Waals surface area contributed by atoms with Gasteiger partial charge in [-0.05, 0) is 200 Å². The van der Waals surface area contributed by atoms with Gasteiger partial charge in [0.15, 0.2) is 0 Å². The minimum absolute atomic E-state index is 0.415. The van der Waals surface area contributed by atoms with Crippen molar-refractivity contribution >= 4 is 43.6 Å². The second-order valence-electron chi connectivity index (χ2n) is 21.5. The molecule has 2 nitrogen and oxygen atoms in total. The summed E-state index contributed by atoms with van der Waals surface area (Å²) in [5.74, 6) is 1.07. The Morgan fingerprint density at radius 3 is 1.55 bits per heavy atom. The molecule has 0 saturated heterocycles. The Morgan fingerprint density at radius 2 is 0.868 bits per heavy atom. The number of aryl methyl sites for hydroxylation is 2. The van der Waals surface area contributed by atoms with Crippen LogP contribution in [0, 0.1) is 13.8 Å². The number of aromatic nitrogens is 2. The van der Waals surface area contributed by atoms with Crippen molar-refractivity contribution in [3.8, 4) is 78.1 Å². The van der Waals surface area contributed by atoms with E-state index in [1.165, 1.54) is 162 Å². The van der Waals surface area contributed by atoms with Crippen LogP contribution in [0.3, 0.4) is 0 Å². The molecular formula is C74H56N2. The average Bonchev–Trinajstić information content (AvgIpc) is 4.23. The number of nitrogens with zero attached hydrogens (tertiary/aromatic N) is 2. The van der Waals surface area contributed by atoms with Crippen LogP contribution in [0.5, 0.6) is 0 Å². The monoisotopic (exact) mass is 972 g/mol. The van der Waals surface area contributed by atoms with Crippen LogP contribution in [0.4, 0.5) is 0 Å². The number of benzene rings is 11. The number of rotatable bonds is 9. The van der Waals surface area contributed by atoms with E-state index in [1.807, 2.05) is 0 Å². The van der Waals surface area contributed by atoms with Gasteiger partial charge in [0.1, 0.15) is 0 Å². The van der Waals surface area contributed by atoms with Crippen molar-refractivity contribution in [2.24, 2.45) is 0 Å². The fourth-order valence-corrected chi connectivity index (χ4v) is 13.3. The molecule has 362 valence electrons. The molecule has 2 heteroatoms.